The van der Waals surface area contributed by atoms with E-state index in [9.17, 15) is 65.8 Å². The number of carbonyl (C=O) groups is 2. The minimum atomic E-state index is -1.79. The van der Waals surface area contributed by atoms with Crippen LogP contribution in [0, 0.1) is 56.7 Å². The second-order valence-corrected chi connectivity index (χ2v) is 22.8. The monoisotopic (exact) mass is 956 g/mol. The summed E-state index contributed by atoms with van der Waals surface area (Å²) in [6.07, 6.45) is -17.3. The van der Waals surface area contributed by atoms with Gasteiger partial charge in [0, 0.05) is 0 Å². The van der Waals surface area contributed by atoms with Crippen LogP contribution in [0.1, 0.15) is 106 Å². The Kier molecular flexibility index (Phi) is 14.0. The maximum absolute atomic E-state index is 14.1. The molecule has 3 heterocycles. The Morgan fingerprint density at radius 2 is 1.30 bits per heavy atom. The van der Waals surface area contributed by atoms with E-state index in [-0.39, 0.29) is 41.4 Å². The fraction of sp³-hybridized carbons (Fsp3) is 0.917. The average Bonchev–Trinajstić information content (AvgIpc) is 3.27. The zero-order valence-corrected chi connectivity index (χ0v) is 39.7. The molecule has 11 N–H and O–H groups in total. The van der Waals surface area contributed by atoms with Crippen molar-refractivity contribution in [2.75, 3.05) is 13.2 Å². The minimum Gasteiger partial charge on any atom is -0.481 e. The third kappa shape index (κ3) is 7.79. The van der Waals surface area contributed by atoms with Gasteiger partial charge in [-0.1, -0.05) is 53.2 Å². The Hall–Kier alpha value is -1.92. The summed E-state index contributed by atoms with van der Waals surface area (Å²) in [7, 11) is 0. The Morgan fingerprint density at radius 3 is 1.96 bits per heavy atom. The summed E-state index contributed by atoms with van der Waals surface area (Å²) in [6, 6.07) is 0. The molecule has 25 atom stereocenters. The molecule has 3 saturated heterocycles. The lowest BCUT2D eigenvalue weighted by Crippen LogP contribution is -2.68. The van der Waals surface area contributed by atoms with Gasteiger partial charge in [-0.25, -0.2) is 0 Å². The standard InChI is InChI=1S/C48H76O19/c1-20-10-15-47(42(58)59)16-17-48(43(60)61)23(29(47)21(20)2)8-9-27-45(6)13-12-28(44(4,5)26(45)11-14-46(27,48)7)66-41-37(57)38(67-40-36(56)33(53)30(50)22(3)63-40)32(52)25(65-41)19-62-39-35(55)34(54)31(51)24(18-49)64-39/h8,20-22,24-41,49-57H,9-19H2,1-7H3,(H,58,59)(H,60,61). The van der Waals surface area contributed by atoms with Crippen LogP contribution in [0.25, 0.3) is 0 Å². The lowest BCUT2D eigenvalue weighted by Gasteiger charge is -2.70. The second kappa shape index (κ2) is 18.3. The fourth-order valence-corrected chi connectivity index (χ4v) is 15.4. The number of carboxylic acids is 2. The number of carboxylic acid groups (broad SMARTS) is 2. The predicted octanol–water partition coefficient (Wildman–Crippen LogP) is 0.654. The van der Waals surface area contributed by atoms with E-state index in [0.29, 0.717) is 44.9 Å². The van der Waals surface area contributed by atoms with Gasteiger partial charge in [0.25, 0.3) is 0 Å². The molecule has 0 amide bonds. The van der Waals surface area contributed by atoms with Gasteiger partial charge in [-0.3, -0.25) is 9.59 Å². The van der Waals surface area contributed by atoms with E-state index < -0.39 is 145 Å². The smallest absolute Gasteiger partial charge is 0.314 e. The normalized spacial score (nSPS) is 54.1. The highest BCUT2D eigenvalue weighted by Gasteiger charge is 2.73. The summed E-state index contributed by atoms with van der Waals surface area (Å²) < 4.78 is 36.0. The van der Waals surface area contributed by atoms with Crippen LogP contribution in [0.2, 0.25) is 0 Å². The molecule has 5 aliphatic carbocycles. The molecule has 8 rings (SSSR count). The molecule has 0 bridgehead atoms. The van der Waals surface area contributed by atoms with E-state index in [0.717, 1.165) is 12.0 Å². The Bertz CT molecular complexity index is 1860. The van der Waals surface area contributed by atoms with Crippen LogP contribution >= 0.6 is 0 Å². The summed E-state index contributed by atoms with van der Waals surface area (Å²) in [5.74, 6) is -1.94. The van der Waals surface area contributed by atoms with Gasteiger partial charge in [0.05, 0.1) is 36.3 Å². The highest BCUT2D eigenvalue weighted by Crippen LogP contribution is 2.76. The van der Waals surface area contributed by atoms with Gasteiger partial charge in [0.15, 0.2) is 18.9 Å². The van der Waals surface area contributed by atoms with Crippen molar-refractivity contribution in [3.05, 3.63) is 11.6 Å². The van der Waals surface area contributed by atoms with Crippen molar-refractivity contribution in [3.63, 3.8) is 0 Å². The van der Waals surface area contributed by atoms with Crippen molar-refractivity contribution in [3.8, 4) is 0 Å². The van der Waals surface area contributed by atoms with Crippen LogP contribution in [0.3, 0.4) is 0 Å². The first-order valence-corrected chi connectivity index (χ1v) is 24.5. The molecule has 8 aliphatic rings. The van der Waals surface area contributed by atoms with Crippen LogP contribution in [-0.2, 0) is 38.0 Å². The van der Waals surface area contributed by atoms with Crippen LogP contribution in [0.4, 0.5) is 0 Å². The molecule has 4 saturated carbocycles. The van der Waals surface area contributed by atoms with E-state index in [1.54, 1.807) is 0 Å². The van der Waals surface area contributed by atoms with Crippen molar-refractivity contribution in [1.82, 2.24) is 0 Å². The number of aliphatic carboxylic acids is 2. The van der Waals surface area contributed by atoms with Crippen molar-refractivity contribution in [2.24, 2.45) is 56.7 Å². The van der Waals surface area contributed by atoms with E-state index >= 15 is 0 Å². The van der Waals surface area contributed by atoms with Gasteiger partial charge in [-0.15, -0.1) is 0 Å². The lowest BCUT2D eigenvalue weighted by atomic mass is 9.33. The van der Waals surface area contributed by atoms with Gasteiger partial charge in [0.2, 0.25) is 0 Å². The van der Waals surface area contributed by atoms with Gasteiger partial charge < -0.3 is 84.6 Å². The van der Waals surface area contributed by atoms with Crippen molar-refractivity contribution in [2.45, 2.75) is 204 Å². The molecule has 0 spiro atoms. The molecule has 3 aliphatic heterocycles. The predicted molar refractivity (Wildman–Crippen MR) is 231 cm³/mol. The third-order valence-electron chi connectivity index (χ3n) is 19.5. The van der Waals surface area contributed by atoms with E-state index in [2.05, 4.69) is 47.6 Å². The number of ether oxygens (including phenoxy) is 6. The van der Waals surface area contributed by atoms with E-state index in [4.69, 9.17) is 28.4 Å². The zero-order chi connectivity index (χ0) is 49.1. The number of rotatable bonds is 10. The Labute approximate surface area is 391 Å². The minimum absolute atomic E-state index is 0.000566. The Balaban J connectivity index is 1.06. The highest BCUT2D eigenvalue weighted by molar-refractivity contribution is 5.84. The molecular weight excluding hydrogens is 881 g/mol. The molecule has 0 aromatic rings. The first-order valence-electron chi connectivity index (χ1n) is 24.5. The largest absolute Gasteiger partial charge is 0.481 e. The number of hydrogen-bond acceptors (Lipinski definition) is 17. The molecule has 67 heavy (non-hydrogen) atoms. The molecule has 7 fully saturated rings. The molecule has 382 valence electrons. The van der Waals surface area contributed by atoms with Crippen LogP contribution < -0.4 is 0 Å². The van der Waals surface area contributed by atoms with Crippen LogP contribution in [-0.4, -0.2) is 180 Å². The lowest BCUT2D eigenvalue weighted by molar-refractivity contribution is -0.373. The third-order valence-corrected chi connectivity index (χ3v) is 19.5. The molecular formula is C48H76O19. The highest BCUT2D eigenvalue weighted by atomic mass is 16.7. The summed E-state index contributed by atoms with van der Waals surface area (Å²) in [4.78, 5) is 27.3. The van der Waals surface area contributed by atoms with Crippen molar-refractivity contribution in [1.29, 1.82) is 0 Å². The quantitative estimate of drug-likeness (QED) is 0.106. The topological polar surface area (TPSA) is 312 Å². The number of hydrogen-bond donors (Lipinski definition) is 11. The first kappa shape index (κ1) is 51.4. The number of aliphatic hydroxyl groups is 9. The molecule has 0 radical (unpaired) electrons. The SMILES string of the molecule is CC1CCC2(C(=O)O)CCC3(C(=O)O)C(=CCC4C5(C)CCC(OC6OC(COC7OC(CO)C(O)C(O)C7O)C(O)C(OC7OC(C)C(O)C(O)C7O)C6O)C(C)(C)C5CCC43C)C2C1C. The van der Waals surface area contributed by atoms with Gasteiger partial charge in [-0.2, -0.15) is 0 Å². The summed E-state index contributed by atoms with van der Waals surface area (Å²) in [5, 5.41) is 119. The molecule has 0 aromatic heterocycles. The molecule has 19 nitrogen and oxygen atoms in total. The van der Waals surface area contributed by atoms with Gasteiger partial charge >= 0.3 is 11.9 Å². The van der Waals surface area contributed by atoms with E-state index in [1.807, 2.05) is 0 Å². The van der Waals surface area contributed by atoms with Gasteiger partial charge in [0.1, 0.15) is 67.1 Å². The summed E-state index contributed by atoms with van der Waals surface area (Å²) >= 11 is 0. The zero-order valence-electron chi connectivity index (χ0n) is 39.7. The summed E-state index contributed by atoms with van der Waals surface area (Å²) in [6.45, 7) is 13.0. The first-order chi connectivity index (χ1) is 31.3. The number of allylic oxidation sites excluding steroid dienone is 1. The Morgan fingerprint density at radius 1 is 0.657 bits per heavy atom. The number of fused-ring (bicyclic) bond motifs is 7. The van der Waals surface area contributed by atoms with Gasteiger partial charge in [-0.05, 0) is 111 Å². The molecule has 0 aromatic carbocycles. The molecule has 19 heteroatoms. The van der Waals surface area contributed by atoms with Crippen LogP contribution in [0.15, 0.2) is 11.6 Å². The van der Waals surface area contributed by atoms with E-state index in [1.165, 1.54) is 6.92 Å². The van der Waals surface area contributed by atoms with Crippen molar-refractivity contribution >= 4 is 11.9 Å². The maximum Gasteiger partial charge on any atom is 0.314 e. The number of aliphatic hydroxyl groups excluding tert-OH is 9. The summed E-state index contributed by atoms with van der Waals surface area (Å²) in [5.41, 5.74) is -3.12. The second-order valence-electron chi connectivity index (χ2n) is 22.8. The maximum atomic E-state index is 14.1. The van der Waals surface area contributed by atoms with Crippen LogP contribution in [0.5, 0.6) is 0 Å². The van der Waals surface area contributed by atoms with Crippen molar-refractivity contribution < 1.29 is 94.2 Å². The molecule has 25 unspecified atom stereocenters. The average molecular weight is 957 g/mol. The fourth-order valence-electron chi connectivity index (χ4n) is 15.4.